The molecule has 0 aliphatic heterocycles. The summed E-state index contributed by atoms with van der Waals surface area (Å²) in [6.07, 6.45) is 0.246. The van der Waals surface area contributed by atoms with Crippen LogP contribution in [0, 0.1) is 6.57 Å². The summed E-state index contributed by atoms with van der Waals surface area (Å²) in [6.45, 7) is 8.53. The van der Waals surface area contributed by atoms with Crippen LogP contribution in [0.25, 0.3) is 16.2 Å². The molecule has 0 bridgehead atoms. The van der Waals surface area contributed by atoms with Crippen LogP contribution < -0.4 is 0 Å². The topological polar surface area (TPSA) is 73.8 Å². The van der Waals surface area contributed by atoms with E-state index in [1.165, 1.54) is 0 Å². The van der Waals surface area contributed by atoms with E-state index < -0.39 is 16.2 Å². The van der Waals surface area contributed by atoms with Gasteiger partial charge in [0.1, 0.15) is 11.8 Å². The van der Waals surface area contributed by atoms with Crippen LogP contribution in [0.3, 0.4) is 0 Å². The molecule has 6 nitrogen and oxygen atoms in total. The Bertz CT molecular complexity index is 759. The Morgan fingerprint density at radius 2 is 2.15 bits per heavy atom. The normalized spacial score (nSPS) is 12.8. The Morgan fingerprint density at radius 1 is 1.40 bits per heavy atom. The lowest BCUT2D eigenvalue weighted by Crippen LogP contribution is -2.07. The third-order valence-electron chi connectivity index (χ3n) is 2.52. The lowest BCUT2D eigenvalue weighted by molar-refractivity contribution is 0.224. The molecule has 0 amide bonds. The Balaban J connectivity index is 2.27. The largest absolute Gasteiger partial charge is 0.356 e. The Labute approximate surface area is 116 Å². The van der Waals surface area contributed by atoms with Crippen molar-refractivity contribution in [1.82, 2.24) is 5.16 Å². The monoisotopic (exact) mass is 292 g/mol. The molecule has 0 saturated carbocycles. The minimum atomic E-state index is -3.56. The zero-order valence-corrected chi connectivity index (χ0v) is 11.7. The molecule has 20 heavy (non-hydrogen) atoms. The SMILES string of the molecule is [C-]#[N+]c1cccc(-c2cc(C(C)OS(C)(=O)=O)no2)c1. The average molecular weight is 292 g/mol. The average Bonchev–Trinajstić information content (AvgIpc) is 2.86. The van der Waals surface area contributed by atoms with Crippen molar-refractivity contribution in [1.29, 1.82) is 0 Å². The summed E-state index contributed by atoms with van der Waals surface area (Å²) in [5, 5.41) is 3.79. The molecule has 1 aromatic carbocycles. The smallest absolute Gasteiger partial charge is 0.265 e. The van der Waals surface area contributed by atoms with Crippen LogP contribution >= 0.6 is 0 Å². The molecule has 2 rings (SSSR count). The maximum absolute atomic E-state index is 11.1. The molecule has 0 aliphatic carbocycles. The fourth-order valence-corrected chi connectivity index (χ4v) is 2.28. The molecule has 0 radical (unpaired) electrons. The zero-order valence-electron chi connectivity index (χ0n) is 10.9. The highest BCUT2D eigenvalue weighted by atomic mass is 32.2. The number of aromatic nitrogens is 1. The Morgan fingerprint density at radius 3 is 2.80 bits per heavy atom. The highest BCUT2D eigenvalue weighted by molar-refractivity contribution is 7.86. The van der Waals surface area contributed by atoms with Gasteiger partial charge in [0, 0.05) is 11.6 Å². The first-order valence-corrected chi connectivity index (χ1v) is 7.53. The summed E-state index contributed by atoms with van der Waals surface area (Å²) in [5.74, 6) is 0.453. The molecule has 1 heterocycles. The van der Waals surface area contributed by atoms with Crippen LogP contribution in [0.1, 0.15) is 18.7 Å². The summed E-state index contributed by atoms with van der Waals surface area (Å²) in [7, 11) is -3.56. The van der Waals surface area contributed by atoms with Crippen molar-refractivity contribution < 1.29 is 17.1 Å². The van der Waals surface area contributed by atoms with E-state index in [1.807, 2.05) is 0 Å². The van der Waals surface area contributed by atoms with E-state index in [2.05, 4.69) is 10.0 Å². The molecular weight excluding hydrogens is 280 g/mol. The van der Waals surface area contributed by atoms with Crippen LogP contribution in [-0.4, -0.2) is 19.8 Å². The van der Waals surface area contributed by atoms with Crippen molar-refractivity contribution in [2.45, 2.75) is 13.0 Å². The predicted octanol–water partition coefficient (Wildman–Crippen LogP) is 2.93. The maximum atomic E-state index is 11.1. The summed E-state index contributed by atoms with van der Waals surface area (Å²) in [4.78, 5) is 3.33. The molecular formula is C13H12N2O4S. The molecule has 7 heteroatoms. The van der Waals surface area contributed by atoms with E-state index in [4.69, 9.17) is 15.3 Å². The second-order valence-electron chi connectivity index (χ2n) is 4.22. The van der Waals surface area contributed by atoms with Crippen LogP contribution in [0.2, 0.25) is 0 Å². The second kappa shape index (κ2) is 5.45. The third kappa shape index (κ3) is 3.44. The molecule has 1 unspecified atom stereocenters. The highest BCUT2D eigenvalue weighted by Crippen LogP contribution is 2.27. The molecule has 0 N–H and O–H groups in total. The summed E-state index contributed by atoms with van der Waals surface area (Å²) < 4.78 is 32.1. The molecule has 1 atom stereocenters. The van der Waals surface area contributed by atoms with E-state index in [-0.39, 0.29) is 0 Å². The van der Waals surface area contributed by atoms with Gasteiger partial charge in [0.2, 0.25) is 0 Å². The number of hydrogen-bond donors (Lipinski definition) is 0. The fraction of sp³-hybridized carbons (Fsp3) is 0.231. The predicted molar refractivity (Wildman–Crippen MR) is 72.5 cm³/mol. The van der Waals surface area contributed by atoms with Gasteiger partial charge in [0.05, 0.1) is 12.8 Å². The highest BCUT2D eigenvalue weighted by Gasteiger charge is 2.17. The molecule has 104 valence electrons. The molecule has 0 saturated heterocycles. The molecule has 0 fully saturated rings. The van der Waals surface area contributed by atoms with Gasteiger partial charge in [-0.3, -0.25) is 4.18 Å². The molecule has 1 aromatic heterocycles. The first kappa shape index (κ1) is 14.2. The van der Waals surface area contributed by atoms with Crippen molar-refractivity contribution >= 4 is 15.8 Å². The zero-order chi connectivity index (χ0) is 14.8. The Kier molecular flexibility index (Phi) is 3.88. The first-order valence-electron chi connectivity index (χ1n) is 5.72. The van der Waals surface area contributed by atoms with Crippen molar-refractivity contribution in [3.63, 3.8) is 0 Å². The molecule has 0 spiro atoms. The third-order valence-corrected chi connectivity index (χ3v) is 3.16. The summed E-state index contributed by atoms with van der Waals surface area (Å²) >= 11 is 0. The fourth-order valence-electron chi connectivity index (χ4n) is 1.66. The standard InChI is InChI=1S/C13H12N2O4S/c1-9(19-20(3,16)17)12-8-13(18-15-12)10-5-4-6-11(7-10)14-2/h4-9H,1,3H3. The van der Waals surface area contributed by atoms with E-state index in [1.54, 1.807) is 37.3 Å². The van der Waals surface area contributed by atoms with E-state index >= 15 is 0 Å². The van der Waals surface area contributed by atoms with Crippen LogP contribution in [0.4, 0.5) is 5.69 Å². The minimum Gasteiger partial charge on any atom is -0.356 e. The van der Waals surface area contributed by atoms with Gasteiger partial charge in [-0.1, -0.05) is 23.4 Å². The van der Waals surface area contributed by atoms with Gasteiger partial charge in [0.25, 0.3) is 10.1 Å². The van der Waals surface area contributed by atoms with Gasteiger partial charge in [-0.05, 0) is 13.0 Å². The summed E-state index contributed by atoms with van der Waals surface area (Å²) in [6, 6.07) is 8.46. The number of hydrogen-bond acceptors (Lipinski definition) is 5. The maximum Gasteiger partial charge on any atom is 0.265 e. The van der Waals surface area contributed by atoms with Crippen molar-refractivity contribution in [2.75, 3.05) is 6.26 Å². The minimum absolute atomic E-state index is 0.374. The quantitative estimate of drug-likeness (QED) is 0.640. The lowest BCUT2D eigenvalue weighted by atomic mass is 10.1. The summed E-state index contributed by atoms with van der Waals surface area (Å²) in [5.41, 5.74) is 1.56. The molecule has 2 aromatic rings. The number of rotatable bonds is 4. The van der Waals surface area contributed by atoms with Crippen LogP contribution in [0.15, 0.2) is 34.9 Å². The number of nitrogens with zero attached hydrogens (tertiary/aromatic N) is 2. The van der Waals surface area contributed by atoms with Crippen LogP contribution in [-0.2, 0) is 14.3 Å². The van der Waals surface area contributed by atoms with Crippen molar-refractivity contribution in [3.8, 4) is 11.3 Å². The van der Waals surface area contributed by atoms with Gasteiger partial charge in [-0.15, -0.1) is 0 Å². The van der Waals surface area contributed by atoms with E-state index in [0.29, 0.717) is 22.7 Å². The van der Waals surface area contributed by atoms with Gasteiger partial charge in [-0.25, -0.2) is 4.85 Å². The van der Waals surface area contributed by atoms with Crippen LogP contribution in [0.5, 0.6) is 0 Å². The van der Waals surface area contributed by atoms with E-state index in [0.717, 1.165) is 6.26 Å². The second-order valence-corrected chi connectivity index (χ2v) is 5.82. The van der Waals surface area contributed by atoms with Gasteiger partial charge in [0.15, 0.2) is 11.4 Å². The van der Waals surface area contributed by atoms with Crippen molar-refractivity contribution in [3.05, 3.63) is 47.4 Å². The first-order chi connectivity index (χ1) is 9.39. The van der Waals surface area contributed by atoms with Gasteiger partial charge >= 0.3 is 0 Å². The molecule has 0 aliphatic rings. The van der Waals surface area contributed by atoms with Gasteiger partial charge < -0.3 is 4.52 Å². The number of benzene rings is 1. The van der Waals surface area contributed by atoms with E-state index in [9.17, 15) is 8.42 Å². The van der Waals surface area contributed by atoms with Crippen molar-refractivity contribution in [2.24, 2.45) is 0 Å². The lowest BCUT2D eigenvalue weighted by Gasteiger charge is -2.06. The Hall–Kier alpha value is -2.17. The van der Waals surface area contributed by atoms with Gasteiger partial charge in [-0.2, -0.15) is 8.42 Å².